The number of hydrogen-bond acceptors (Lipinski definition) is 2. The van der Waals surface area contributed by atoms with E-state index in [-0.39, 0.29) is 21.7 Å². The maximum atomic E-state index is 8.07. The molecule has 1 rings (SSSR count). The first-order chi connectivity index (χ1) is 7.33. The molecule has 2 N–H and O–H groups in total. The van der Waals surface area contributed by atoms with Crippen molar-refractivity contribution in [2.24, 2.45) is 0 Å². The van der Waals surface area contributed by atoms with Gasteiger partial charge in [0.05, 0.1) is 0 Å². The van der Waals surface area contributed by atoms with Gasteiger partial charge < -0.3 is 10.2 Å². The molecule has 1 aromatic carbocycles. The van der Waals surface area contributed by atoms with Gasteiger partial charge in [-0.3, -0.25) is 0 Å². The zero-order valence-corrected chi connectivity index (χ0v) is 12.1. The molecule has 0 spiro atoms. The van der Waals surface area contributed by atoms with Crippen LogP contribution in [0.15, 0.2) is 30.3 Å². The zero-order valence-electron chi connectivity index (χ0n) is 10.5. The van der Waals surface area contributed by atoms with Gasteiger partial charge in [0, 0.05) is 34.9 Å². The number of aliphatic hydroxyl groups excluding tert-OH is 2. The second kappa shape index (κ2) is 24.3. The first-order valence-electron chi connectivity index (χ1n) is 5.71. The number of rotatable bonds is 4. The molecule has 0 atom stereocenters. The zero-order chi connectivity index (χ0) is 11.8. The van der Waals surface area contributed by atoms with Gasteiger partial charge in [-0.1, -0.05) is 26.7 Å². The van der Waals surface area contributed by atoms with Crippen LogP contribution in [0.1, 0.15) is 39.5 Å². The first-order valence-corrected chi connectivity index (χ1v) is 5.71. The van der Waals surface area contributed by atoms with Crippen molar-refractivity contribution < 1.29 is 31.9 Å². The Morgan fingerprint density at radius 1 is 0.875 bits per heavy atom. The molecule has 0 aliphatic heterocycles. The standard InChI is InChI=1S/C5H5.2C4H10O.Ti/c1-2-4-5-3-1;2*1-2-3-4-5;/h1-5H;2*5H,2-4H2,1H3;/q-1;;;. The van der Waals surface area contributed by atoms with Crippen LogP contribution in [0.5, 0.6) is 0 Å². The minimum Gasteiger partial charge on any atom is -0.396 e. The van der Waals surface area contributed by atoms with E-state index in [1.54, 1.807) is 0 Å². The molecule has 0 amide bonds. The average molecular weight is 261 g/mol. The van der Waals surface area contributed by atoms with Crippen LogP contribution >= 0.6 is 0 Å². The Labute approximate surface area is 115 Å². The van der Waals surface area contributed by atoms with E-state index in [9.17, 15) is 0 Å². The predicted octanol–water partition coefficient (Wildman–Crippen LogP) is 2.96. The second-order valence-corrected chi connectivity index (χ2v) is 3.12. The van der Waals surface area contributed by atoms with Crippen LogP contribution in [0.3, 0.4) is 0 Å². The molecule has 0 heterocycles. The van der Waals surface area contributed by atoms with Gasteiger partial charge in [0.25, 0.3) is 0 Å². The topological polar surface area (TPSA) is 40.5 Å². The van der Waals surface area contributed by atoms with Gasteiger partial charge >= 0.3 is 0 Å². The number of unbranched alkanes of at least 4 members (excludes halogenated alkanes) is 2. The van der Waals surface area contributed by atoms with E-state index in [1.807, 2.05) is 30.3 Å². The first kappa shape index (κ1) is 21.3. The molecule has 0 radical (unpaired) electrons. The molecule has 0 aromatic heterocycles. The Morgan fingerprint density at radius 3 is 1.31 bits per heavy atom. The molecule has 3 heteroatoms. The molecule has 0 aliphatic carbocycles. The molecule has 2 nitrogen and oxygen atoms in total. The SMILES string of the molecule is CCCCO.CCCCO.[Ti].c1cc[cH-]c1. The van der Waals surface area contributed by atoms with Crippen molar-refractivity contribution in [1.82, 2.24) is 0 Å². The van der Waals surface area contributed by atoms with Gasteiger partial charge in [-0.05, 0) is 12.8 Å². The molecule has 0 unspecified atom stereocenters. The molecular formula is C13H25O2Ti-. The van der Waals surface area contributed by atoms with Crippen molar-refractivity contribution in [3.63, 3.8) is 0 Å². The van der Waals surface area contributed by atoms with E-state index in [4.69, 9.17) is 10.2 Å². The molecular weight excluding hydrogens is 236 g/mol. The van der Waals surface area contributed by atoms with Crippen molar-refractivity contribution in [2.45, 2.75) is 39.5 Å². The van der Waals surface area contributed by atoms with E-state index in [0.29, 0.717) is 13.2 Å². The van der Waals surface area contributed by atoms with Gasteiger partial charge in [0.15, 0.2) is 0 Å². The van der Waals surface area contributed by atoms with Crippen molar-refractivity contribution in [1.29, 1.82) is 0 Å². The Balaban J connectivity index is -0.000000154. The minimum absolute atomic E-state index is 0. The van der Waals surface area contributed by atoms with Crippen LogP contribution < -0.4 is 0 Å². The van der Waals surface area contributed by atoms with Crippen molar-refractivity contribution in [3.8, 4) is 0 Å². The van der Waals surface area contributed by atoms with Gasteiger partial charge in [0.2, 0.25) is 0 Å². The maximum absolute atomic E-state index is 8.07. The Kier molecular flexibility index (Phi) is 32.3. The number of aliphatic hydroxyl groups is 2. The Hall–Kier alpha value is -0.0157. The van der Waals surface area contributed by atoms with Crippen LogP contribution in [-0.2, 0) is 21.7 Å². The summed E-state index contributed by atoms with van der Waals surface area (Å²) in [6.07, 6.45) is 4.08. The quantitative estimate of drug-likeness (QED) is 0.646. The minimum atomic E-state index is 0. The van der Waals surface area contributed by atoms with Crippen LogP contribution in [-0.4, -0.2) is 23.4 Å². The van der Waals surface area contributed by atoms with Crippen LogP contribution in [0.4, 0.5) is 0 Å². The molecule has 0 saturated carbocycles. The molecule has 1 aromatic rings. The third-order valence-corrected chi connectivity index (χ3v) is 1.58. The van der Waals surface area contributed by atoms with Crippen molar-refractivity contribution in [3.05, 3.63) is 30.3 Å². The molecule has 0 bridgehead atoms. The Bertz CT molecular complexity index is 126. The fraction of sp³-hybridized carbons (Fsp3) is 0.615. The van der Waals surface area contributed by atoms with Gasteiger partial charge in [-0.15, -0.1) is 0 Å². The molecule has 16 heavy (non-hydrogen) atoms. The van der Waals surface area contributed by atoms with Crippen molar-refractivity contribution >= 4 is 0 Å². The third-order valence-electron chi connectivity index (χ3n) is 1.58. The van der Waals surface area contributed by atoms with Crippen LogP contribution in [0.25, 0.3) is 0 Å². The van der Waals surface area contributed by atoms with Gasteiger partial charge in [-0.25, -0.2) is 12.1 Å². The summed E-state index contributed by atoms with van der Waals surface area (Å²) in [6.45, 7) is 4.79. The monoisotopic (exact) mass is 261 g/mol. The molecule has 0 fully saturated rings. The third kappa shape index (κ3) is 29.2. The predicted molar refractivity (Wildman–Crippen MR) is 66.0 cm³/mol. The molecule has 0 aliphatic rings. The van der Waals surface area contributed by atoms with E-state index in [0.717, 1.165) is 25.7 Å². The fourth-order valence-corrected chi connectivity index (χ4v) is 0.637. The second-order valence-electron chi connectivity index (χ2n) is 3.12. The summed E-state index contributed by atoms with van der Waals surface area (Å²) in [4.78, 5) is 0. The molecule has 0 saturated heterocycles. The van der Waals surface area contributed by atoms with E-state index < -0.39 is 0 Å². The summed E-state index contributed by atoms with van der Waals surface area (Å²) in [6, 6.07) is 10.0. The van der Waals surface area contributed by atoms with Gasteiger partial charge in [0.1, 0.15) is 0 Å². The number of hydrogen-bond donors (Lipinski definition) is 2. The van der Waals surface area contributed by atoms with Gasteiger partial charge in [-0.2, -0.15) is 18.2 Å². The van der Waals surface area contributed by atoms with Crippen LogP contribution in [0, 0.1) is 0 Å². The summed E-state index contributed by atoms with van der Waals surface area (Å²) in [7, 11) is 0. The Morgan fingerprint density at radius 2 is 1.25 bits per heavy atom. The van der Waals surface area contributed by atoms with Crippen molar-refractivity contribution in [2.75, 3.05) is 13.2 Å². The summed E-state index contributed by atoms with van der Waals surface area (Å²) < 4.78 is 0. The smallest absolute Gasteiger partial charge is 0.0430 e. The van der Waals surface area contributed by atoms with E-state index >= 15 is 0 Å². The van der Waals surface area contributed by atoms with E-state index in [1.165, 1.54) is 0 Å². The van der Waals surface area contributed by atoms with E-state index in [2.05, 4.69) is 13.8 Å². The fourth-order valence-electron chi connectivity index (χ4n) is 0.637. The largest absolute Gasteiger partial charge is 0.396 e. The normalized spacial score (nSPS) is 7.75. The molecule has 94 valence electrons. The summed E-state index contributed by atoms with van der Waals surface area (Å²) in [5.74, 6) is 0. The maximum Gasteiger partial charge on any atom is 0.0430 e. The average Bonchev–Trinajstić information content (AvgIpc) is 2.79. The summed E-state index contributed by atoms with van der Waals surface area (Å²) >= 11 is 0. The van der Waals surface area contributed by atoms with Crippen LogP contribution in [0.2, 0.25) is 0 Å². The summed E-state index contributed by atoms with van der Waals surface area (Å²) in [5.41, 5.74) is 0. The summed E-state index contributed by atoms with van der Waals surface area (Å²) in [5, 5.41) is 16.1.